The van der Waals surface area contributed by atoms with Crippen LogP contribution in [0.25, 0.3) is 28.1 Å². The zero-order valence-electron chi connectivity index (χ0n) is 23.2. The second kappa shape index (κ2) is 11.8. The molecule has 39 heavy (non-hydrogen) atoms. The Hall–Kier alpha value is -3.41. The number of rotatable bonds is 7. The van der Waals surface area contributed by atoms with Gasteiger partial charge < -0.3 is 9.55 Å². The van der Waals surface area contributed by atoms with Crippen molar-refractivity contribution in [2.75, 3.05) is 19.6 Å². The Kier molecular flexibility index (Phi) is 8.20. The van der Waals surface area contributed by atoms with E-state index in [0.717, 1.165) is 55.3 Å². The Morgan fingerprint density at radius 2 is 1.77 bits per heavy atom. The Morgan fingerprint density at radius 1 is 1.00 bits per heavy atom. The summed E-state index contributed by atoms with van der Waals surface area (Å²) in [6, 6.07) is 19.7. The maximum atomic E-state index is 4.89. The van der Waals surface area contributed by atoms with Gasteiger partial charge in [0.2, 0.25) is 0 Å². The van der Waals surface area contributed by atoms with Crippen LogP contribution in [-0.2, 0) is 13.0 Å². The number of para-hydroxylation sites is 1. The van der Waals surface area contributed by atoms with Crippen LogP contribution in [0, 0.1) is 13.8 Å². The summed E-state index contributed by atoms with van der Waals surface area (Å²) >= 11 is 0. The number of H-pyrrole nitrogens is 1. The number of halogens is 1. The van der Waals surface area contributed by atoms with Gasteiger partial charge in [-0.25, -0.2) is 9.97 Å². The average molecular weight is 540 g/mol. The summed E-state index contributed by atoms with van der Waals surface area (Å²) in [6.45, 7) is 10.5. The molecule has 0 bridgehead atoms. The molecule has 1 fully saturated rings. The number of fused-ring (bicyclic) bond motifs is 2. The topological polar surface area (TPSA) is 49.7 Å². The first-order valence-electron chi connectivity index (χ1n) is 14.0. The number of aromatic amines is 1. The number of nitrogens with one attached hydrogen (secondary N) is 1. The number of imidazole rings is 1. The highest BCUT2D eigenvalue weighted by Crippen LogP contribution is 2.33. The molecular formula is C33H38ClN5. The van der Waals surface area contributed by atoms with E-state index in [1.807, 2.05) is 0 Å². The minimum Gasteiger partial charge on any atom is -0.361 e. The van der Waals surface area contributed by atoms with Crippen LogP contribution in [0.4, 0.5) is 0 Å². The molecule has 0 atom stereocenters. The Bertz CT molecular complexity index is 1590. The van der Waals surface area contributed by atoms with Crippen molar-refractivity contribution in [3.8, 4) is 0 Å². The SMILES string of the molecule is CCc1nc2c(C)cc(C)nc2n1Cc1ccc(/C=C/CN2CCC(c3c[nH]c4ccccc34)CC2)cc1.Cl. The molecule has 4 heterocycles. The number of aryl methyl sites for hydroxylation is 3. The maximum Gasteiger partial charge on any atom is 0.160 e. The number of likely N-dealkylation sites (tertiary alicyclic amines) is 1. The number of pyridine rings is 1. The van der Waals surface area contributed by atoms with Gasteiger partial charge in [0.1, 0.15) is 11.3 Å². The van der Waals surface area contributed by atoms with Gasteiger partial charge in [-0.15, -0.1) is 12.4 Å². The van der Waals surface area contributed by atoms with Crippen LogP contribution in [0.3, 0.4) is 0 Å². The van der Waals surface area contributed by atoms with Crippen molar-refractivity contribution in [2.45, 2.75) is 52.5 Å². The van der Waals surface area contributed by atoms with Crippen molar-refractivity contribution in [3.63, 3.8) is 0 Å². The van der Waals surface area contributed by atoms with E-state index >= 15 is 0 Å². The Labute approximate surface area is 237 Å². The van der Waals surface area contributed by atoms with E-state index in [1.165, 1.54) is 46.0 Å². The highest BCUT2D eigenvalue weighted by Gasteiger charge is 2.22. The first kappa shape index (κ1) is 27.2. The van der Waals surface area contributed by atoms with Crippen LogP contribution < -0.4 is 0 Å². The van der Waals surface area contributed by atoms with Gasteiger partial charge in [0, 0.05) is 35.8 Å². The van der Waals surface area contributed by atoms with Crippen molar-refractivity contribution in [1.29, 1.82) is 0 Å². The lowest BCUT2D eigenvalue weighted by atomic mass is 9.89. The van der Waals surface area contributed by atoms with E-state index in [-0.39, 0.29) is 12.4 Å². The molecular weight excluding hydrogens is 502 g/mol. The highest BCUT2D eigenvalue weighted by molar-refractivity contribution is 5.85. The fourth-order valence-corrected chi connectivity index (χ4v) is 6.00. The number of aromatic nitrogens is 4. The Balaban J connectivity index is 0.00000308. The first-order valence-corrected chi connectivity index (χ1v) is 14.0. The van der Waals surface area contributed by atoms with Crippen molar-refractivity contribution in [2.24, 2.45) is 0 Å². The molecule has 5 aromatic rings. The molecule has 1 N–H and O–H groups in total. The van der Waals surface area contributed by atoms with Gasteiger partial charge in [0.25, 0.3) is 0 Å². The van der Waals surface area contributed by atoms with Crippen LogP contribution in [0.5, 0.6) is 0 Å². The normalized spacial score (nSPS) is 14.9. The van der Waals surface area contributed by atoms with Gasteiger partial charge >= 0.3 is 0 Å². The van der Waals surface area contributed by atoms with E-state index in [4.69, 9.17) is 9.97 Å². The van der Waals surface area contributed by atoms with Crippen LogP contribution >= 0.6 is 12.4 Å². The van der Waals surface area contributed by atoms with Gasteiger partial charge in [0.15, 0.2) is 5.65 Å². The lowest BCUT2D eigenvalue weighted by Crippen LogP contribution is -2.32. The molecule has 0 radical (unpaired) electrons. The van der Waals surface area contributed by atoms with E-state index in [9.17, 15) is 0 Å². The van der Waals surface area contributed by atoms with Crippen LogP contribution in [0.2, 0.25) is 0 Å². The number of hydrogen-bond acceptors (Lipinski definition) is 3. The summed E-state index contributed by atoms with van der Waals surface area (Å²) in [7, 11) is 0. The second-order valence-electron chi connectivity index (χ2n) is 10.7. The van der Waals surface area contributed by atoms with Crippen molar-refractivity contribution in [1.82, 2.24) is 24.4 Å². The molecule has 0 unspecified atom stereocenters. The summed E-state index contributed by atoms with van der Waals surface area (Å²) in [5.74, 6) is 1.75. The third kappa shape index (κ3) is 5.66. The average Bonchev–Trinajstić information content (AvgIpc) is 3.52. The summed E-state index contributed by atoms with van der Waals surface area (Å²) in [5.41, 5.74) is 9.53. The lowest BCUT2D eigenvalue weighted by Gasteiger charge is -2.31. The largest absolute Gasteiger partial charge is 0.361 e. The quantitative estimate of drug-likeness (QED) is 0.233. The number of benzene rings is 2. The first-order chi connectivity index (χ1) is 18.6. The molecule has 0 amide bonds. The third-order valence-corrected chi connectivity index (χ3v) is 8.06. The summed E-state index contributed by atoms with van der Waals surface area (Å²) in [5, 5.41) is 1.39. The fraction of sp³-hybridized carbons (Fsp3) is 0.333. The molecule has 1 saturated heterocycles. The standard InChI is InChI=1S/C33H37N5.ClH/c1-4-31-36-32-23(2)20-24(3)35-33(32)38(31)22-26-13-11-25(12-14-26)8-7-17-37-18-15-27(16-19-37)29-21-34-30-10-6-5-9-28(29)30;/h5-14,20-21,27,34H,4,15-19,22H2,1-3H3;1H/b8-7+;. The van der Waals surface area contributed by atoms with Crippen molar-refractivity contribution >= 4 is 40.5 Å². The number of hydrogen-bond donors (Lipinski definition) is 1. The number of nitrogens with zero attached hydrogens (tertiary/aromatic N) is 4. The smallest absolute Gasteiger partial charge is 0.160 e. The molecule has 1 aliphatic rings. The zero-order valence-corrected chi connectivity index (χ0v) is 24.0. The van der Waals surface area contributed by atoms with E-state index in [0.29, 0.717) is 5.92 Å². The number of piperidine rings is 1. The van der Waals surface area contributed by atoms with Crippen LogP contribution in [0.15, 0.2) is 66.9 Å². The van der Waals surface area contributed by atoms with E-state index in [1.54, 1.807) is 0 Å². The third-order valence-electron chi connectivity index (χ3n) is 8.06. The summed E-state index contributed by atoms with van der Waals surface area (Å²) < 4.78 is 2.28. The molecule has 202 valence electrons. The van der Waals surface area contributed by atoms with E-state index in [2.05, 4.69) is 108 Å². The van der Waals surface area contributed by atoms with Gasteiger partial charge in [0.05, 0.1) is 6.54 Å². The minimum atomic E-state index is 0. The molecule has 0 aliphatic carbocycles. The van der Waals surface area contributed by atoms with Gasteiger partial charge in [-0.05, 0) is 80.1 Å². The monoisotopic (exact) mass is 539 g/mol. The molecule has 3 aromatic heterocycles. The lowest BCUT2D eigenvalue weighted by molar-refractivity contribution is 0.233. The zero-order chi connectivity index (χ0) is 26.1. The molecule has 1 aliphatic heterocycles. The highest BCUT2D eigenvalue weighted by atomic mass is 35.5. The van der Waals surface area contributed by atoms with Gasteiger partial charge in [-0.1, -0.05) is 61.5 Å². The minimum absolute atomic E-state index is 0. The molecule has 0 saturated carbocycles. The maximum absolute atomic E-state index is 4.89. The van der Waals surface area contributed by atoms with E-state index < -0.39 is 0 Å². The Morgan fingerprint density at radius 3 is 2.54 bits per heavy atom. The molecule has 6 heteroatoms. The van der Waals surface area contributed by atoms with Crippen molar-refractivity contribution in [3.05, 3.63) is 101 Å². The fourth-order valence-electron chi connectivity index (χ4n) is 6.00. The predicted octanol–water partition coefficient (Wildman–Crippen LogP) is 7.45. The molecule has 0 spiro atoms. The summed E-state index contributed by atoms with van der Waals surface area (Å²) in [4.78, 5) is 15.7. The molecule has 6 rings (SSSR count). The summed E-state index contributed by atoms with van der Waals surface area (Å²) in [6.07, 6.45) is 10.1. The predicted molar refractivity (Wildman–Crippen MR) is 165 cm³/mol. The van der Waals surface area contributed by atoms with Crippen molar-refractivity contribution < 1.29 is 0 Å². The van der Waals surface area contributed by atoms with Gasteiger partial charge in [-0.3, -0.25) is 4.90 Å². The molecule has 2 aromatic carbocycles. The van der Waals surface area contributed by atoms with Crippen LogP contribution in [0.1, 0.15) is 59.5 Å². The van der Waals surface area contributed by atoms with Crippen LogP contribution in [-0.4, -0.2) is 44.1 Å². The second-order valence-corrected chi connectivity index (χ2v) is 10.7. The molecule has 5 nitrogen and oxygen atoms in total. The van der Waals surface area contributed by atoms with Gasteiger partial charge in [-0.2, -0.15) is 0 Å².